The third kappa shape index (κ3) is 9.96. The van der Waals surface area contributed by atoms with E-state index in [4.69, 9.17) is 19.7 Å². The Hall–Kier alpha value is -1.83. The molecule has 5 unspecified atom stereocenters. The zero-order valence-corrected chi connectivity index (χ0v) is 18.1. The van der Waals surface area contributed by atoms with Crippen molar-refractivity contribution in [2.75, 3.05) is 19.8 Å². The van der Waals surface area contributed by atoms with Crippen LogP contribution in [0.2, 0.25) is 0 Å². The summed E-state index contributed by atoms with van der Waals surface area (Å²) in [5, 5.41) is 6.48. The predicted molar refractivity (Wildman–Crippen MR) is 109 cm³/mol. The van der Waals surface area contributed by atoms with Gasteiger partial charge >= 0.3 is 5.97 Å². The van der Waals surface area contributed by atoms with Gasteiger partial charge in [-0.1, -0.05) is 44.6 Å². The molecule has 9 nitrogen and oxygen atoms in total. The number of unbranched alkanes of at least 4 members (excludes halogenated alkanes) is 5. The first kappa shape index (κ1) is 25.2. The van der Waals surface area contributed by atoms with Crippen LogP contribution < -0.4 is 5.32 Å². The molecule has 1 heterocycles. The first-order chi connectivity index (χ1) is 13.9. The third-order valence-electron chi connectivity index (χ3n) is 5.40. The van der Waals surface area contributed by atoms with Crippen LogP contribution in [0.4, 0.5) is 0 Å². The number of carbonyl (C=O) groups excluding carboxylic acids is 2. The fraction of sp³-hybridized carbons (Fsp3) is 0.900. The van der Waals surface area contributed by atoms with Crippen molar-refractivity contribution in [1.82, 2.24) is 5.32 Å². The Morgan fingerprint density at radius 3 is 2.34 bits per heavy atom. The number of nitrogens with one attached hydrogen (secondary N) is 1. The summed E-state index contributed by atoms with van der Waals surface area (Å²) in [6.07, 6.45) is 5.31. The van der Waals surface area contributed by atoms with Gasteiger partial charge in [0.15, 0.2) is 6.29 Å². The summed E-state index contributed by atoms with van der Waals surface area (Å²) in [7, 11) is 0. The molecule has 1 N–H and O–H groups in total. The lowest BCUT2D eigenvalue weighted by atomic mass is 9.82. The number of carbonyl (C=O) groups is 2. The molecule has 1 saturated heterocycles. The van der Waals surface area contributed by atoms with E-state index in [1.807, 2.05) is 6.92 Å². The van der Waals surface area contributed by atoms with Gasteiger partial charge in [0.2, 0.25) is 5.91 Å². The molecule has 0 aliphatic carbocycles. The topological polar surface area (TPSA) is 123 Å². The molecule has 29 heavy (non-hydrogen) atoms. The van der Waals surface area contributed by atoms with Crippen LogP contribution in [0.15, 0.2) is 5.11 Å². The molecule has 5 atom stereocenters. The van der Waals surface area contributed by atoms with Crippen molar-refractivity contribution in [2.45, 2.75) is 84.7 Å². The summed E-state index contributed by atoms with van der Waals surface area (Å²) in [6.45, 7) is 8.24. The normalized spacial score (nSPS) is 26.4. The lowest BCUT2D eigenvalue weighted by Crippen LogP contribution is -2.58. The summed E-state index contributed by atoms with van der Waals surface area (Å²) in [6, 6.07) is -0.239. The van der Waals surface area contributed by atoms with E-state index >= 15 is 0 Å². The maximum atomic E-state index is 11.6. The Morgan fingerprint density at radius 2 is 1.72 bits per heavy atom. The van der Waals surface area contributed by atoms with Gasteiger partial charge in [0.1, 0.15) is 6.61 Å². The molecule has 1 fully saturated rings. The van der Waals surface area contributed by atoms with Crippen LogP contribution in [-0.2, 0) is 23.8 Å². The van der Waals surface area contributed by atoms with Crippen molar-refractivity contribution >= 4 is 11.9 Å². The Bertz CT molecular complexity index is 551. The number of esters is 1. The molecule has 1 rings (SSSR count). The SMILES string of the molecule is CC(=O)NC1C(OCCCCCCCCN=[N+]=[N-])OC(COC(C)=O)C(C)C1C. The highest BCUT2D eigenvalue weighted by atomic mass is 16.7. The molecule has 0 aromatic heterocycles. The zero-order valence-electron chi connectivity index (χ0n) is 18.1. The second-order valence-corrected chi connectivity index (χ2v) is 7.74. The molecule has 1 aliphatic rings. The summed E-state index contributed by atoms with van der Waals surface area (Å²) in [4.78, 5) is 25.5. The van der Waals surface area contributed by atoms with Crippen LogP contribution in [0.1, 0.15) is 66.2 Å². The van der Waals surface area contributed by atoms with Crippen LogP contribution in [0.5, 0.6) is 0 Å². The average molecular weight is 413 g/mol. The van der Waals surface area contributed by atoms with E-state index in [0.29, 0.717) is 13.2 Å². The standard InChI is InChI=1S/C20H36N4O5/c1-14-15(2)19(23-16(3)25)20(29-18(14)13-28-17(4)26)27-12-10-8-6-5-7-9-11-22-24-21/h14-15,18-20H,5-13H2,1-4H3,(H,23,25). The zero-order chi connectivity index (χ0) is 21.6. The van der Waals surface area contributed by atoms with Crippen LogP contribution in [0, 0.1) is 11.8 Å². The number of rotatable bonds is 13. The van der Waals surface area contributed by atoms with E-state index in [0.717, 1.165) is 38.5 Å². The van der Waals surface area contributed by atoms with Gasteiger partial charge < -0.3 is 19.5 Å². The van der Waals surface area contributed by atoms with E-state index in [1.54, 1.807) is 0 Å². The van der Waals surface area contributed by atoms with Crippen molar-refractivity contribution in [1.29, 1.82) is 0 Å². The molecule has 9 heteroatoms. The fourth-order valence-electron chi connectivity index (χ4n) is 3.50. The summed E-state index contributed by atoms with van der Waals surface area (Å²) in [5.74, 6) is -0.231. The maximum absolute atomic E-state index is 11.6. The van der Waals surface area contributed by atoms with E-state index < -0.39 is 6.29 Å². The maximum Gasteiger partial charge on any atom is 0.302 e. The van der Waals surface area contributed by atoms with Crippen molar-refractivity contribution in [3.8, 4) is 0 Å². The second-order valence-electron chi connectivity index (χ2n) is 7.74. The number of hydrogen-bond acceptors (Lipinski definition) is 6. The minimum atomic E-state index is -0.561. The molecule has 0 saturated carbocycles. The van der Waals surface area contributed by atoms with Crippen molar-refractivity contribution < 1.29 is 23.8 Å². The molecule has 0 radical (unpaired) electrons. The van der Waals surface area contributed by atoms with Gasteiger partial charge in [-0.05, 0) is 30.2 Å². The second kappa shape index (κ2) is 14.2. The number of ether oxygens (including phenoxy) is 3. The Labute approximate surface area is 173 Å². The first-order valence-corrected chi connectivity index (χ1v) is 10.5. The van der Waals surface area contributed by atoms with Crippen LogP contribution in [-0.4, -0.2) is 50.1 Å². The molecule has 0 aromatic carbocycles. The van der Waals surface area contributed by atoms with Crippen molar-refractivity contribution in [3.05, 3.63) is 10.4 Å². The average Bonchev–Trinajstić information content (AvgIpc) is 2.67. The number of hydrogen-bond donors (Lipinski definition) is 1. The quantitative estimate of drug-likeness (QED) is 0.162. The smallest absolute Gasteiger partial charge is 0.302 e. The highest BCUT2D eigenvalue weighted by molar-refractivity contribution is 5.73. The molecule has 0 spiro atoms. The molecular formula is C20H36N4O5. The molecule has 1 aliphatic heterocycles. The Morgan fingerprint density at radius 1 is 1.07 bits per heavy atom. The summed E-state index contributed by atoms with van der Waals surface area (Å²) in [5.41, 5.74) is 8.23. The summed E-state index contributed by atoms with van der Waals surface area (Å²) >= 11 is 0. The van der Waals surface area contributed by atoms with Crippen LogP contribution in [0.3, 0.4) is 0 Å². The number of amides is 1. The first-order valence-electron chi connectivity index (χ1n) is 10.5. The minimum Gasteiger partial charge on any atom is -0.463 e. The van der Waals surface area contributed by atoms with Gasteiger partial charge in [0.25, 0.3) is 0 Å². The van der Waals surface area contributed by atoms with E-state index in [1.165, 1.54) is 13.8 Å². The Kier molecular flexibility index (Phi) is 12.3. The largest absolute Gasteiger partial charge is 0.463 e. The van der Waals surface area contributed by atoms with Gasteiger partial charge in [-0.25, -0.2) is 0 Å². The summed E-state index contributed by atoms with van der Waals surface area (Å²) < 4.78 is 17.2. The van der Waals surface area contributed by atoms with Gasteiger partial charge in [-0.2, -0.15) is 0 Å². The number of nitrogens with zero attached hydrogens (tertiary/aromatic N) is 3. The molecule has 1 amide bonds. The van der Waals surface area contributed by atoms with E-state index in [9.17, 15) is 9.59 Å². The highest BCUT2D eigenvalue weighted by Gasteiger charge is 2.42. The molecule has 0 bridgehead atoms. The molecule has 166 valence electrons. The highest BCUT2D eigenvalue weighted by Crippen LogP contribution is 2.31. The van der Waals surface area contributed by atoms with E-state index in [2.05, 4.69) is 22.3 Å². The van der Waals surface area contributed by atoms with Crippen LogP contribution >= 0.6 is 0 Å². The van der Waals surface area contributed by atoms with Gasteiger partial charge in [0, 0.05) is 31.9 Å². The van der Waals surface area contributed by atoms with Crippen LogP contribution in [0.25, 0.3) is 10.4 Å². The monoisotopic (exact) mass is 412 g/mol. The van der Waals surface area contributed by atoms with Gasteiger partial charge in [-0.15, -0.1) is 0 Å². The van der Waals surface area contributed by atoms with E-state index in [-0.39, 0.29) is 42.5 Å². The lowest BCUT2D eigenvalue weighted by molar-refractivity contribution is -0.244. The molecular weight excluding hydrogens is 376 g/mol. The minimum absolute atomic E-state index is 0.108. The van der Waals surface area contributed by atoms with Gasteiger partial charge in [0.05, 0.1) is 12.1 Å². The fourth-order valence-corrected chi connectivity index (χ4v) is 3.50. The molecule has 0 aromatic rings. The Balaban J connectivity index is 2.43. The van der Waals surface area contributed by atoms with Crippen molar-refractivity contribution in [3.63, 3.8) is 0 Å². The van der Waals surface area contributed by atoms with Crippen molar-refractivity contribution in [2.24, 2.45) is 17.0 Å². The third-order valence-corrected chi connectivity index (χ3v) is 5.40. The number of azide groups is 1. The van der Waals surface area contributed by atoms with Gasteiger partial charge in [-0.3, -0.25) is 9.59 Å². The predicted octanol–water partition coefficient (Wildman–Crippen LogP) is 3.72. The lowest BCUT2D eigenvalue weighted by Gasteiger charge is -2.44.